The Bertz CT molecular complexity index is 657. The molecule has 1 heterocycles. The maximum Gasteiger partial charge on any atom is 0.265 e. The molecule has 19 heavy (non-hydrogen) atoms. The van der Waals surface area contributed by atoms with Crippen molar-refractivity contribution in [1.82, 2.24) is 0 Å². The average molecular weight is 359 g/mol. The van der Waals surface area contributed by atoms with Crippen molar-refractivity contribution in [2.45, 2.75) is 0 Å². The summed E-state index contributed by atoms with van der Waals surface area (Å²) in [6, 6.07) is 7.61. The van der Waals surface area contributed by atoms with Crippen LogP contribution in [0.2, 0.25) is 0 Å². The van der Waals surface area contributed by atoms with Gasteiger partial charge in [-0.3, -0.25) is 4.79 Å². The first-order valence-electron chi connectivity index (χ1n) is 5.13. The van der Waals surface area contributed by atoms with Crippen molar-refractivity contribution in [2.24, 2.45) is 5.73 Å². The van der Waals surface area contributed by atoms with Gasteiger partial charge in [0.1, 0.15) is 10.8 Å². The molecular weight excluding hydrogens is 351 g/mol. The number of thiophene rings is 1. The molecule has 0 fully saturated rings. The summed E-state index contributed by atoms with van der Waals surface area (Å²) in [7, 11) is 0. The topological polar surface area (TPSA) is 55.1 Å². The van der Waals surface area contributed by atoms with Crippen LogP contribution in [0.5, 0.6) is 0 Å². The third-order valence-electron chi connectivity index (χ3n) is 2.30. The van der Waals surface area contributed by atoms with Crippen LogP contribution in [0.1, 0.15) is 15.2 Å². The van der Waals surface area contributed by atoms with Crippen molar-refractivity contribution in [3.8, 4) is 0 Å². The van der Waals surface area contributed by atoms with Crippen LogP contribution in [-0.2, 0) is 0 Å². The minimum absolute atomic E-state index is 0.0922. The maximum atomic E-state index is 13.8. The zero-order valence-electron chi connectivity index (χ0n) is 9.44. The lowest BCUT2D eigenvalue weighted by molar-refractivity contribution is 0.103. The highest BCUT2D eigenvalue weighted by Gasteiger charge is 2.12. The average Bonchev–Trinajstić information content (AvgIpc) is 2.78. The van der Waals surface area contributed by atoms with Gasteiger partial charge < -0.3 is 11.1 Å². The smallest absolute Gasteiger partial charge is 0.265 e. The number of thiocarbonyl (C=S) groups is 1. The normalized spacial score (nSPS) is 10.2. The lowest BCUT2D eigenvalue weighted by Gasteiger charge is -2.06. The van der Waals surface area contributed by atoms with E-state index >= 15 is 0 Å². The molecule has 3 nitrogen and oxygen atoms in total. The van der Waals surface area contributed by atoms with Crippen LogP contribution in [0.4, 0.5) is 10.1 Å². The van der Waals surface area contributed by atoms with E-state index in [2.05, 4.69) is 21.2 Å². The summed E-state index contributed by atoms with van der Waals surface area (Å²) in [6.07, 6.45) is 0. The van der Waals surface area contributed by atoms with Crippen molar-refractivity contribution in [3.63, 3.8) is 0 Å². The van der Waals surface area contributed by atoms with Gasteiger partial charge in [0.05, 0.1) is 14.4 Å². The Kier molecular flexibility index (Phi) is 4.28. The summed E-state index contributed by atoms with van der Waals surface area (Å²) in [6.45, 7) is 0. The predicted molar refractivity (Wildman–Crippen MR) is 82.3 cm³/mol. The van der Waals surface area contributed by atoms with E-state index in [-0.39, 0.29) is 16.6 Å². The third-order valence-corrected chi connectivity index (χ3v) is 4.16. The summed E-state index contributed by atoms with van der Waals surface area (Å²) < 4.78 is 14.6. The van der Waals surface area contributed by atoms with E-state index in [0.29, 0.717) is 10.4 Å². The first-order chi connectivity index (χ1) is 8.97. The molecule has 0 radical (unpaired) electrons. The molecule has 7 heteroatoms. The molecule has 0 aliphatic rings. The Morgan fingerprint density at radius 1 is 1.37 bits per heavy atom. The van der Waals surface area contributed by atoms with Crippen molar-refractivity contribution in [2.75, 3.05) is 5.32 Å². The van der Waals surface area contributed by atoms with E-state index in [0.717, 1.165) is 3.79 Å². The van der Waals surface area contributed by atoms with Gasteiger partial charge in [0, 0.05) is 5.56 Å². The first kappa shape index (κ1) is 14.1. The highest BCUT2D eigenvalue weighted by molar-refractivity contribution is 9.11. The zero-order valence-corrected chi connectivity index (χ0v) is 12.7. The van der Waals surface area contributed by atoms with Crippen LogP contribution < -0.4 is 11.1 Å². The van der Waals surface area contributed by atoms with Crippen LogP contribution in [0.25, 0.3) is 0 Å². The number of amides is 1. The molecule has 0 unspecified atom stereocenters. The molecule has 2 rings (SSSR count). The first-order valence-corrected chi connectivity index (χ1v) is 7.15. The number of nitrogens with two attached hydrogens (primary N) is 1. The second kappa shape index (κ2) is 5.77. The molecule has 1 aromatic heterocycles. The number of anilines is 1. The van der Waals surface area contributed by atoms with Gasteiger partial charge in [0.25, 0.3) is 5.91 Å². The van der Waals surface area contributed by atoms with Crippen LogP contribution in [0, 0.1) is 5.82 Å². The summed E-state index contributed by atoms with van der Waals surface area (Å²) >= 11 is 9.28. The van der Waals surface area contributed by atoms with E-state index in [4.69, 9.17) is 18.0 Å². The van der Waals surface area contributed by atoms with Crippen molar-refractivity contribution in [1.29, 1.82) is 0 Å². The molecule has 98 valence electrons. The number of nitrogens with one attached hydrogen (secondary N) is 1. The van der Waals surface area contributed by atoms with E-state index < -0.39 is 5.82 Å². The van der Waals surface area contributed by atoms with Crippen LogP contribution in [-0.4, -0.2) is 10.9 Å². The Morgan fingerprint density at radius 3 is 2.63 bits per heavy atom. The molecule has 0 aliphatic heterocycles. The largest absolute Gasteiger partial charge is 0.389 e. The molecule has 0 spiro atoms. The van der Waals surface area contributed by atoms with E-state index in [1.54, 1.807) is 18.2 Å². The highest BCUT2D eigenvalue weighted by Crippen LogP contribution is 2.24. The molecule has 3 N–H and O–H groups in total. The minimum atomic E-state index is -0.575. The Labute approximate surface area is 126 Å². The summed E-state index contributed by atoms with van der Waals surface area (Å²) in [5.74, 6) is -0.938. The van der Waals surface area contributed by atoms with Crippen molar-refractivity contribution >= 4 is 56.1 Å². The monoisotopic (exact) mass is 358 g/mol. The molecule has 1 amide bonds. The third kappa shape index (κ3) is 3.37. The van der Waals surface area contributed by atoms with Gasteiger partial charge >= 0.3 is 0 Å². The number of carbonyl (C=O) groups is 1. The van der Waals surface area contributed by atoms with Gasteiger partial charge in [-0.05, 0) is 46.3 Å². The lowest BCUT2D eigenvalue weighted by Crippen LogP contribution is -2.13. The van der Waals surface area contributed by atoms with Crippen molar-refractivity contribution < 1.29 is 9.18 Å². The fourth-order valence-corrected chi connectivity index (χ4v) is 2.80. The predicted octanol–water partition coefficient (Wildman–Crippen LogP) is 3.54. The Morgan fingerprint density at radius 2 is 2.11 bits per heavy atom. The quantitative estimate of drug-likeness (QED) is 0.825. The fraction of sp³-hybridized carbons (Fsp3) is 0. The number of rotatable bonds is 3. The van der Waals surface area contributed by atoms with Crippen LogP contribution >= 0.6 is 39.5 Å². The van der Waals surface area contributed by atoms with Gasteiger partial charge in [-0.2, -0.15) is 0 Å². The summed E-state index contributed by atoms with van der Waals surface area (Å²) in [5, 5.41) is 2.50. The lowest BCUT2D eigenvalue weighted by atomic mass is 10.2. The molecule has 0 atom stereocenters. The second-order valence-electron chi connectivity index (χ2n) is 3.62. The van der Waals surface area contributed by atoms with Gasteiger partial charge in [-0.1, -0.05) is 12.2 Å². The highest BCUT2D eigenvalue weighted by atomic mass is 79.9. The fourth-order valence-electron chi connectivity index (χ4n) is 1.39. The zero-order chi connectivity index (χ0) is 14.0. The SMILES string of the molecule is NC(=S)c1ccc(NC(=O)c2ccc(Br)s2)c(F)c1. The second-order valence-corrected chi connectivity index (χ2v) is 6.52. The van der Waals surface area contributed by atoms with E-state index in [9.17, 15) is 9.18 Å². The number of hydrogen-bond acceptors (Lipinski definition) is 3. The van der Waals surface area contributed by atoms with Crippen molar-refractivity contribution in [3.05, 3.63) is 50.4 Å². The molecule has 0 saturated heterocycles. The number of hydrogen-bond donors (Lipinski definition) is 2. The maximum absolute atomic E-state index is 13.8. The molecule has 0 aliphatic carbocycles. The standard InChI is InChI=1S/C12H8BrFN2OS2/c13-10-4-3-9(19-10)12(17)16-8-2-1-6(11(15)18)5-7(8)14/h1-5H,(H2,15,18)(H,16,17). The van der Waals surface area contributed by atoms with E-state index in [1.165, 1.54) is 23.5 Å². The van der Waals surface area contributed by atoms with Gasteiger partial charge in [0.15, 0.2) is 0 Å². The Hall–Kier alpha value is -1.31. The molecule has 2 aromatic rings. The molecule has 0 bridgehead atoms. The minimum Gasteiger partial charge on any atom is -0.389 e. The number of carbonyl (C=O) groups excluding carboxylic acids is 1. The summed E-state index contributed by atoms with van der Waals surface area (Å²) in [5.41, 5.74) is 5.91. The summed E-state index contributed by atoms with van der Waals surface area (Å²) in [4.78, 5) is 12.5. The van der Waals surface area contributed by atoms with Gasteiger partial charge in [0.2, 0.25) is 0 Å². The molecular formula is C12H8BrFN2OS2. The molecule has 0 saturated carbocycles. The van der Waals surface area contributed by atoms with Crippen LogP contribution in [0.15, 0.2) is 34.1 Å². The van der Waals surface area contributed by atoms with Gasteiger partial charge in [-0.25, -0.2) is 4.39 Å². The number of halogens is 2. The number of benzene rings is 1. The Balaban J connectivity index is 2.20. The molecule has 1 aromatic carbocycles. The van der Waals surface area contributed by atoms with E-state index in [1.807, 2.05) is 0 Å². The van der Waals surface area contributed by atoms with Gasteiger partial charge in [-0.15, -0.1) is 11.3 Å². The van der Waals surface area contributed by atoms with Crippen LogP contribution in [0.3, 0.4) is 0 Å².